The molecular formula is C21H22N6O2. The van der Waals surface area contributed by atoms with Crippen LogP contribution >= 0.6 is 0 Å². The molecule has 0 radical (unpaired) electrons. The number of carbonyl (C=O) groups excluding carboxylic acids is 1. The van der Waals surface area contributed by atoms with Gasteiger partial charge in [-0.05, 0) is 29.8 Å². The summed E-state index contributed by atoms with van der Waals surface area (Å²) in [6.07, 6.45) is 4.86. The number of nitrogens with one attached hydrogen (secondary N) is 2. The van der Waals surface area contributed by atoms with Gasteiger partial charge in [0.25, 0.3) is 5.91 Å². The number of hydrogen-bond acceptors (Lipinski definition) is 7. The van der Waals surface area contributed by atoms with Gasteiger partial charge in [-0.2, -0.15) is 0 Å². The molecule has 0 atom stereocenters. The molecule has 3 heterocycles. The summed E-state index contributed by atoms with van der Waals surface area (Å²) in [6.45, 7) is 3.54. The van der Waals surface area contributed by atoms with Gasteiger partial charge in [0, 0.05) is 38.1 Å². The highest BCUT2D eigenvalue weighted by Crippen LogP contribution is 2.26. The molecule has 29 heavy (non-hydrogen) atoms. The zero-order valence-electron chi connectivity index (χ0n) is 15.9. The average molecular weight is 390 g/mol. The van der Waals surface area contributed by atoms with Crippen molar-refractivity contribution in [1.82, 2.24) is 15.0 Å². The molecule has 0 saturated carbocycles. The summed E-state index contributed by atoms with van der Waals surface area (Å²) >= 11 is 0. The third kappa shape index (κ3) is 4.85. The van der Waals surface area contributed by atoms with Gasteiger partial charge in [0.05, 0.1) is 24.6 Å². The number of nitrogens with zero attached hydrogens (tertiary/aromatic N) is 4. The van der Waals surface area contributed by atoms with E-state index in [0.717, 1.165) is 30.0 Å². The Morgan fingerprint density at radius 2 is 1.86 bits per heavy atom. The maximum Gasteiger partial charge on any atom is 0.274 e. The van der Waals surface area contributed by atoms with Gasteiger partial charge in [0.15, 0.2) is 0 Å². The fourth-order valence-corrected chi connectivity index (χ4v) is 3.12. The van der Waals surface area contributed by atoms with Crippen LogP contribution in [0.5, 0.6) is 0 Å². The Kier molecular flexibility index (Phi) is 5.92. The molecule has 4 rings (SSSR count). The van der Waals surface area contributed by atoms with Crippen LogP contribution in [0.3, 0.4) is 0 Å². The second kappa shape index (κ2) is 9.11. The number of anilines is 3. The Hall–Kier alpha value is -3.52. The molecular weight excluding hydrogens is 368 g/mol. The minimum absolute atomic E-state index is 0.278. The number of para-hydroxylation sites is 2. The van der Waals surface area contributed by atoms with Crippen LogP contribution in [0.25, 0.3) is 0 Å². The SMILES string of the molecule is O=C(Nc1ccccc1N1CCOCC1)c1cc(NCc2ccncc2)ncn1. The number of ether oxygens (including phenoxy) is 1. The highest BCUT2D eigenvalue weighted by molar-refractivity contribution is 6.05. The van der Waals surface area contributed by atoms with Crippen LogP contribution in [0.4, 0.5) is 17.2 Å². The molecule has 1 amide bonds. The molecule has 148 valence electrons. The van der Waals surface area contributed by atoms with E-state index in [-0.39, 0.29) is 5.91 Å². The summed E-state index contributed by atoms with van der Waals surface area (Å²) in [4.78, 5) is 27.3. The summed E-state index contributed by atoms with van der Waals surface area (Å²) in [6, 6.07) is 13.3. The van der Waals surface area contributed by atoms with Crippen LogP contribution in [0.2, 0.25) is 0 Å². The third-order valence-corrected chi connectivity index (χ3v) is 4.63. The van der Waals surface area contributed by atoms with Gasteiger partial charge in [-0.3, -0.25) is 9.78 Å². The Labute approximate surface area is 169 Å². The number of rotatable bonds is 6. The first-order chi connectivity index (χ1) is 14.3. The van der Waals surface area contributed by atoms with Crippen LogP contribution in [0, 0.1) is 0 Å². The third-order valence-electron chi connectivity index (χ3n) is 4.63. The van der Waals surface area contributed by atoms with Crippen LogP contribution in [-0.4, -0.2) is 47.2 Å². The van der Waals surface area contributed by atoms with Crippen LogP contribution in [-0.2, 0) is 11.3 Å². The Bertz CT molecular complexity index is 960. The summed E-state index contributed by atoms with van der Waals surface area (Å²) < 4.78 is 5.42. The largest absolute Gasteiger partial charge is 0.378 e. The number of amides is 1. The number of pyridine rings is 1. The number of carbonyl (C=O) groups is 1. The lowest BCUT2D eigenvalue weighted by Gasteiger charge is -2.30. The standard InChI is InChI=1S/C21H22N6O2/c28-21(26-17-3-1-2-4-19(17)27-9-11-29-12-10-27)18-13-20(25-15-24-18)23-14-16-5-7-22-8-6-16/h1-8,13,15H,9-12,14H2,(H,26,28)(H,23,24,25). The van der Waals surface area contributed by atoms with Crippen molar-refractivity contribution < 1.29 is 9.53 Å². The smallest absolute Gasteiger partial charge is 0.274 e. The van der Waals surface area contributed by atoms with Gasteiger partial charge in [-0.15, -0.1) is 0 Å². The normalized spacial score (nSPS) is 13.7. The monoisotopic (exact) mass is 390 g/mol. The van der Waals surface area contributed by atoms with E-state index in [9.17, 15) is 4.79 Å². The maximum absolute atomic E-state index is 12.8. The van der Waals surface area contributed by atoms with Gasteiger partial charge < -0.3 is 20.3 Å². The quantitative estimate of drug-likeness (QED) is 0.668. The molecule has 2 N–H and O–H groups in total. The molecule has 8 heteroatoms. The number of morpholine rings is 1. The Balaban J connectivity index is 1.45. The molecule has 0 unspecified atom stereocenters. The number of benzene rings is 1. The first-order valence-electron chi connectivity index (χ1n) is 9.47. The molecule has 8 nitrogen and oxygen atoms in total. The van der Waals surface area contributed by atoms with Crippen molar-refractivity contribution in [2.24, 2.45) is 0 Å². The van der Waals surface area contributed by atoms with Gasteiger partial charge in [0.2, 0.25) is 0 Å². The first kappa shape index (κ1) is 18.8. The number of hydrogen-bond donors (Lipinski definition) is 2. The zero-order valence-corrected chi connectivity index (χ0v) is 15.9. The average Bonchev–Trinajstić information content (AvgIpc) is 2.79. The Morgan fingerprint density at radius 1 is 1.07 bits per heavy atom. The summed E-state index contributed by atoms with van der Waals surface area (Å²) in [5.74, 6) is 0.309. The van der Waals surface area contributed by atoms with Crippen molar-refractivity contribution in [2.45, 2.75) is 6.54 Å². The maximum atomic E-state index is 12.8. The van der Waals surface area contributed by atoms with Gasteiger partial charge >= 0.3 is 0 Å². The summed E-state index contributed by atoms with van der Waals surface area (Å²) in [5.41, 5.74) is 3.11. The molecule has 1 aliphatic rings. The van der Waals surface area contributed by atoms with Gasteiger partial charge in [-0.25, -0.2) is 9.97 Å². The van der Waals surface area contributed by atoms with Crippen LogP contribution in [0.15, 0.2) is 61.2 Å². The number of aromatic nitrogens is 3. The lowest BCUT2D eigenvalue weighted by molar-refractivity contribution is 0.102. The fourth-order valence-electron chi connectivity index (χ4n) is 3.12. The van der Waals surface area contributed by atoms with E-state index in [0.29, 0.717) is 31.3 Å². The molecule has 1 saturated heterocycles. The van der Waals surface area contributed by atoms with E-state index in [2.05, 4.69) is 30.5 Å². The van der Waals surface area contributed by atoms with Crippen molar-refractivity contribution in [2.75, 3.05) is 41.8 Å². The molecule has 0 aliphatic carbocycles. The zero-order chi connectivity index (χ0) is 19.9. The summed E-state index contributed by atoms with van der Waals surface area (Å²) in [7, 11) is 0. The van der Waals surface area contributed by atoms with Gasteiger partial charge in [-0.1, -0.05) is 12.1 Å². The van der Waals surface area contributed by atoms with E-state index >= 15 is 0 Å². The van der Waals surface area contributed by atoms with Crippen molar-refractivity contribution in [3.8, 4) is 0 Å². The predicted molar refractivity (Wildman–Crippen MR) is 111 cm³/mol. The molecule has 3 aromatic rings. The molecule has 1 fully saturated rings. The minimum atomic E-state index is -0.278. The highest BCUT2D eigenvalue weighted by Gasteiger charge is 2.17. The Morgan fingerprint density at radius 3 is 2.69 bits per heavy atom. The molecule has 0 spiro atoms. The second-order valence-corrected chi connectivity index (χ2v) is 6.57. The lowest BCUT2D eigenvalue weighted by atomic mass is 10.2. The highest BCUT2D eigenvalue weighted by atomic mass is 16.5. The molecule has 2 aromatic heterocycles. The van der Waals surface area contributed by atoms with E-state index < -0.39 is 0 Å². The van der Waals surface area contributed by atoms with E-state index in [1.807, 2.05) is 36.4 Å². The topological polar surface area (TPSA) is 92.3 Å². The molecule has 1 aliphatic heterocycles. The van der Waals surface area contributed by atoms with Crippen molar-refractivity contribution >= 4 is 23.1 Å². The van der Waals surface area contributed by atoms with Crippen molar-refractivity contribution in [3.63, 3.8) is 0 Å². The predicted octanol–water partition coefficient (Wildman–Crippen LogP) is 2.57. The van der Waals surface area contributed by atoms with E-state index in [4.69, 9.17) is 4.74 Å². The van der Waals surface area contributed by atoms with Crippen molar-refractivity contribution in [3.05, 3.63) is 72.4 Å². The van der Waals surface area contributed by atoms with Gasteiger partial charge in [0.1, 0.15) is 17.8 Å². The molecule has 0 bridgehead atoms. The second-order valence-electron chi connectivity index (χ2n) is 6.57. The minimum Gasteiger partial charge on any atom is -0.378 e. The van der Waals surface area contributed by atoms with Crippen LogP contribution in [0.1, 0.15) is 16.1 Å². The summed E-state index contributed by atoms with van der Waals surface area (Å²) in [5, 5.41) is 6.18. The van der Waals surface area contributed by atoms with Crippen molar-refractivity contribution in [1.29, 1.82) is 0 Å². The first-order valence-corrected chi connectivity index (χ1v) is 9.47. The van der Waals surface area contributed by atoms with E-state index in [1.54, 1.807) is 18.5 Å². The van der Waals surface area contributed by atoms with E-state index in [1.165, 1.54) is 6.33 Å². The lowest BCUT2D eigenvalue weighted by Crippen LogP contribution is -2.36. The fraction of sp³-hybridized carbons (Fsp3) is 0.238. The molecule has 1 aromatic carbocycles. The van der Waals surface area contributed by atoms with Crippen LogP contribution < -0.4 is 15.5 Å².